The van der Waals surface area contributed by atoms with Crippen LogP contribution in [0.15, 0.2) is 24.3 Å². The third kappa shape index (κ3) is 4.55. The minimum Gasteiger partial charge on any atom is -0.481 e. The zero-order valence-electron chi connectivity index (χ0n) is 10.3. The molecule has 0 bridgehead atoms. The summed E-state index contributed by atoms with van der Waals surface area (Å²) >= 11 is 0. The van der Waals surface area contributed by atoms with Gasteiger partial charge in [-0.2, -0.15) is 0 Å². The molecule has 98 valence electrons. The van der Waals surface area contributed by atoms with E-state index in [1.54, 1.807) is 0 Å². The molecule has 1 atom stereocenters. The van der Waals surface area contributed by atoms with Gasteiger partial charge in [0.25, 0.3) is 0 Å². The summed E-state index contributed by atoms with van der Waals surface area (Å²) in [6, 6.07) is 6.88. The number of aryl methyl sites for hydroxylation is 1. The Morgan fingerprint density at radius 1 is 1.33 bits per heavy atom. The second-order valence-corrected chi connectivity index (χ2v) is 4.02. The first-order valence-corrected chi connectivity index (χ1v) is 5.66. The summed E-state index contributed by atoms with van der Waals surface area (Å²) in [5.41, 5.74) is 7.62. The van der Waals surface area contributed by atoms with Gasteiger partial charge in [-0.15, -0.1) is 0 Å². The van der Waals surface area contributed by atoms with Gasteiger partial charge < -0.3 is 15.6 Å². The first-order valence-electron chi connectivity index (χ1n) is 5.66. The molecule has 1 aromatic rings. The van der Waals surface area contributed by atoms with Crippen LogP contribution in [0.5, 0.6) is 0 Å². The minimum atomic E-state index is -0.818. The number of nitrogens with two attached hydrogens (primary N) is 1. The number of hydrogen-bond acceptors (Lipinski definition) is 4. The number of hydrogen-bond donors (Lipinski definition) is 2. The highest BCUT2D eigenvalue weighted by atomic mass is 16.5. The van der Waals surface area contributed by atoms with Crippen LogP contribution in [0.2, 0.25) is 0 Å². The molecule has 1 rings (SSSR count). The van der Waals surface area contributed by atoms with Crippen LogP contribution in [-0.4, -0.2) is 24.2 Å². The Bertz CT molecular complexity index is 414. The van der Waals surface area contributed by atoms with Crippen LogP contribution in [-0.2, 0) is 20.7 Å². The third-order valence-electron chi connectivity index (χ3n) is 2.65. The van der Waals surface area contributed by atoms with Gasteiger partial charge in [0.1, 0.15) is 0 Å². The van der Waals surface area contributed by atoms with Gasteiger partial charge in [-0.05, 0) is 17.5 Å². The Kier molecular flexibility index (Phi) is 5.32. The van der Waals surface area contributed by atoms with Gasteiger partial charge in [0.15, 0.2) is 0 Å². The van der Waals surface area contributed by atoms with E-state index in [4.69, 9.17) is 10.8 Å². The molecule has 0 heterocycles. The lowest BCUT2D eigenvalue weighted by molar-refractivity contribution is -0.141. The van der Waals surface area contributed by atoms with Gasteiger partial charge in [-0.25, -0.2) is 0 Å². The predicted molar refractivity (Wildman–Crippen MR) is 66.0 cm³/mol. The van der Waals surface area contributed by atoms with Gasteiger partial charge in [-0.1, -0.05) is 24.3 Å². The molecule has 0 radical (unpaired) electrons. The Morgan fingerprint density at radius 2 is 1.94 bits per heavy atom. The molecule has 0 amide bonds. The average molecular weight is 251 g/mol. The van der Waals surface area contributed by atoms with Crippen LogP contribution in [0.3, 0.4) is 0 Å². The Balaban J connectivity index is 2.58. The molecule has 0 aliphatic heterocycles. The van der Waals surface area contributed by atoms with Crippen molar-refractivity contribution in [3.05, 3.63) is 35.4 Å². The van der Waals surface area contributed by atoms with Crippen molar-refractivity contribution in [2.75, 3.05) is 7.11 Å². The van der Waals surface area contributed by atoms with Gasteiger partial charge in [0.2, 0.25) is 0 Å². The van der Waals surface area contributed by atoms with E-state index in [0.29, 0.717) is 6.42 Å². The largest absolute Gasteiger partial charge is 0.481 e. The zero-order chi connectivity index (χ0) is 13.5. The second-order valence-electron chi connectivity index (χ2n) is 4.02. The fourth-order valence-electron chi connectivity index (χ4n) is 1.56. The van der Waals surface area contributed by atoms with E-state index >= 15 is 0 Å². The van der Waals surface area contributed by atoms with Crippen LogP contribution in [0.25, 0.3) is 0 Å². The molecule has 0 aliphatic carbocycles. The van der Waals surface area contributed by atoms with Gasteiger partial charge in [0.05, 0.1) is 13.5 Å². The summed E-state index contributed by atoms with van der Waals surface area (Å²) in [4.78, 5) is 21.5. The fourth-order valence-corrected chi connectivity index (χ4v) is 1.56. The van der Waals surface area contributed by atoms with Crippen molar-refractivity contribution in [2.45, 2.75) is 25.3 Å². The van der Waals surface area contributed by atoms with Crippen LogP contribution < -0.4 is 5.73 Å². The van der Waals surface area contributed by atoms with Crippen LogP contribution in [0.4, 0.5) is 0 Å². The fraction of sp³-hybridized carbons (Fsp3) is 0.385. The lowest BCUT2D eigenvalue weighted by Crippen LogP contribution is -2.16. The second kappa shape index (κ2) is 6.76. The third-order valence-corrected chi connectivity index (χ3v) is 2.65. The van der Waals surface area contributed by atoms with E-state index in [-0.39, 0.29) is 18.8 Å². The number of rotatable bonds is 6. The summed E-state index contributed by atoms with van der Waals surface area (Å²) in [7, 11) is 1.32. The normalized spacial score (nSPS) is 11.9. The molecule has 5 nitrogen and oxygen atoms in total. The average Bonchev–Trinajstić information content (AvgIpc) is 2.36. The number of carboxylic acids is 1. The maximum atomic E-state index is 11.1. The predicted octanol–water partition coefficient (Wildman–Crippen LogP) is 1.27. The van der Waals surface area contributed by atoms with Gasteiger partial charge in [-0.3, -0.25) is 9.59 Å². The maximum absolute atomic E-state index is 11.1. The summed E-state index contributed by atoms with van der Waals surface area (Å²) in [6.07, 6.45) is 0.723. The molecule has 0 saturated carbocycles. The van der Waals surface area contributed by atoms with E-state index < -0.39 is 12.0 Å². The monoisotopic (exact) mass is 251 g/mol. The van der Waals surface area contributed by atoms with E-state index in [0.717, 1.165) is 11.1 Å². The van der Waals surface area contributed by atoms with Crippen molar-refractivity contribution in [2.24, 2.45) is 5.73 Å². The van der Waals surface area contributed by atoms with Crippen LogP contribution >= 0.6 is 0 Å². The van der Waals surface area contributed by atoms with E-state index in [1.807, 2.05) is 24.3 Å². The maximum Gasteiger partial charge on any atom is 0.307 e. The topological polar surface area (TPSA) is 89.6 Å². The van der Waals surface area contributed by atoms with Gasteiger partial charge in [0, 0.05) is 12.5 Å². The molecule has 3 N–H and O–H groups in total. The van der Waals surface area contributed by atoms with Crippen LogP contribution in [0, 0.1) is 0 Å². The first kappa shape index (κ1) is 14.2. The standard InChI is InChI=1S/C13H17NO4/c1-18-13(17)8-11(14)10-5-2-9(3-6-10)4-7-12(15)16/h2-3,5-6,11H,4,7-8,14H2,1H3,(H,15,16)/t11-/m0/s1. The number of carboxylic acid groups (broad SMARTS) is 1. The summed E-state index contributed by atoms with van der Waals surface area (Å²) in [6.45, 7) is 0. The highest BCUT2D eigenvalue weighted by molar-refractivity contribution is 5.70. The van der Waals surface area contributed by atoms with E-state index in [9.17, 15) is 9.59 Å². The Labute approximate surface area is 106 Å². The summed E-state index contributed by atoms with van der Waals surface area (Å²) in [5.74, 6) is -1.17. The van der Waals surface area contributed by atoms with Crippen molar-refractivity contribution in [1.29, 1.82) is 0 Å². The number of methoxy groups -OCH3 is 1. The van der Waals surface area contributed by atoms with Crippen molar-refractivity contribution in [1.82, 2.24) is 0 Å². The number of aliphatic carboxylic acids is 1. The Hall–Kier alpha value is -1.88. The first-order chi connectivity index (χ1) is 8.52. The van der Waals surface area contributed by atoms with Crippen molar-refractivity contribution < 1.29 is 19.4 Å². The molecule has 0 unspecified atom stereocenters. The summed E-state index contributed by atoms with van der Waals surface area (Å²) in [5, 5.41) is 8.57. The van der Waals surface area contributed by atoms with Crippen LogP contribution in [0.1, 0.15) is 30.0 Å². The molecule has 0 fully saturated rings. The number of esters is 1. The van der Waals surface area contributed by atoms with Gasteiger partial charge >= 0.3 is 11.9 Å². The molecule has 0 aliphatic rings. The molecule has 5 heteroatoms. The van der Waals surface area contributed by atoms with E-state index in [2.05, 4.69) is 4.74 Å². The molecule has 1 aromatic carbocycles. The number of carbonyl (C=O) groups is 2. The molecule has 0 aromatic heterocycles. The molecule has 18 heavy (non-hydrogen) atoms. The number of carbonyl (C=O) groups excluding carboxylic acids is 1. The highest BCUT2D eigenvalue weighted by Gasteiger charge is 2.11. The van der Waals surface area contributed by atoms with Crippen molar-refractivity contribution in [3.8, 4) is 0 Å². The molecular weight excluding hydrogens is 234 g/mol. The van der Waals surface area contributed by atoms with E-state index in [1.165, 1.54) is 7.11 Å². The minimum absolute atomic E-state index is 0.105. The van der Waals surface area contributed by atoms with Crippen molar-refractivity contribution in [3.63, 3.8) is 0 Å². The molecule has 0 spiro atoms. The lowest BCUT2D eigenvalue weighted by Gasteiger charge is -2.11. The zero-order valence-corrected chi connectivity index (χ0v) is 10.3. The smallest absolute Gasteiger partial charge is 0.307 e. The quantitative estimate of drug-likeness (QED) is 0.743. The Morgan fingerprint density at radius 3 is 2.44 bits per heavy atom. The summed E-state index contributed by atoms with van der Waals surface area (Å²) < 4.78 is 4.55. The van der Waals surface area contributed by atoms with Crippen molar-refractivity contribution >= 4 is 11.9 Å². The number of ether oxygens (including phenoxy) is 1. The SMILES string of the molecule is COC(=O)C[C@H](N)c1ccc(CCC(=O)O)cc1. The molecule has 0 saturated heterocycles. The lowest BCUT2D eigenvalue weighted by atomic mass is 10.0. The molecular formula is C13H17NO4. The number of benzene rings is 1. The highest BCUT2D eigenvalue weighted by Crippen LogP contribution is 2.16.